The van der Waals surface area contributed by atoms with E-state index in [2.05, 4.69) is 16.9 Å². The van der Waals surface area contributed by atoms with Crippen LogP contribution in [0, 0.1) is 16.0 Å². The number of benzene rings is 1. The van der Waals surface area contributed by atoms with Gasteiger partial charge in [-0.1, -0.05) is 6.92 Å². The monoisotopic (exact) mass is 371 g/mol. The van der Waals surface area contributed by atoms with Gasteiger partial charge in [0.05, 0.1) is 23.5 Å². The number of methoxy groups -OCH3 is 1. The quantitative estimate of drug-likeness (QED) is 0.495. The maximum Gasteiger partial charge on any atom is 0.273 e. The minimum atomic E-state index is -0.463. The standard InChI is InChI=1S/C18H17N3O4S/c1-10-3-5-12-15(7-10)26-18-16(12)17(19-9-20-18)25-14-8-11(21(22)23)4-6-13(14)24-2/h4,6,8-10H,3,5,7H2,1-2H3. The second kappa shape index (κ2) is 6.53. The summed E-state index contributed by atoms with van der Waals surface area (Å²) < 4.78 is 11.3. The normalized spacial score (nSPS) is 16.3. The molecule has 8 heteroatoms. The summed E-state index contributed by atoms with van der Waals surface area (Å²) in [6, 6.07) is 4.26. The number of aryl methyl sites for hydroxylation is 1. The molecule has 0 saturated heterocycles. The largest absolute Gasteiger partial charge is 0.493 e. The van der Waals surface area contributed by atoms with Crippen LogP contribution in [-0.4, -0.2) is 22.0 Å². The highest BCUT2D eigenvalue weighted by molar-refractivity contribution is 7.18. The minimum Gasteiger partial charge on any atom is -0.493 e. The third-order valence-corrected chi connectivity index (χ3v) is 5.78. The van der Waals surface area contributed by atoms with E-state index in [9.17, 15) is 10.1 Å². The molecule has 1 atom stereocenters. The third kappa shape index (κ3) is 2.86. The van der Waals surface area contributed by atoms with Crippen molar-refractivity contribution in [1.82, 2.24) is 9.97 Å². The lowest BCUT2D eigenvalue weighted by molar-refractivity contribution is -0.384. The van der Waals surface area contributed by atoms with Gasteiger partial charge in [-0.05, 0) is 36.8 Å². The number of thiophene rings is 1. The van der Waals surface area contributed by atoms with Gasteiger partial charge in [-0.25, -0.2) is 9.97 Å². The van der Waals surface area contributed by atoms with Gasteiger partial charge in [-0.15, -0.1) is 11.3 Å². The number of rotatable bonds is 4. The molecule has 0 aliphatic heterocycles. The molecular weight excluding hydrogens is 354 g/mol. The van der Waals surface area contributed by atoms with Crippen molar-refractivity contribution in [1.29, 1.82) is 0 Å². The summed E-state index contributed by atoms with van der Waals surface area (Å²) in [4.78, 5) is 21.5. The van der Waals surface area contributed by atoms with E-state index in [-0.39, 0.29) is 11.4 Å². The van der Waals surface area contributed by atoms with Crippen molar-refractivity contribution >= 4 is 27.2 Å². The number of nitro benzene ring substituents is 1. The van der Waals surface area contributed by atoms with Gasteiger partial charge >= 0.3 is 0 Å². The second-order valence-electron chi connectivity index (χ2n) is 6.41. The molecule has 0 fully saturated rings. The first-order chi connectivity index (χ1) is 12.6. The van der Waals surface area contributed by atoms with Gasteiger partial charge in [-0.3, -0.25) is 10.1 Å². The zero-order valence-corrected chi connectivity index (χ0v) is 15.2. The lowest BCUT2D eigenvalue weighted by Crippen LogP contribution is -2.08. The van der Waals surface area contributed by atoms with Crippen LogP contribution in [0.25, 0.3) is 10.2 Å². The first kappa shape index (κ1) is 16.7. The van der Waals surface area contributed by atoms with Crippen molar-refractivity contribution in [3.05, 3.63) is 45.1 Å². The van der Waals surface area contributed by atoms with Crippen LogP contribution in [0.4, 0.5) is 5.69 Å². The summed E-state index contributed by atoms with van der Waals surface area (Å²) in [5.41, 5.74) is 1.18. The average molecular weight is 371 g/mol. The zero-order valence-electron chi connectivity index (χ0n) is 14.4. The highest BCUT2D eigenvalue weighted by Crippen LogP contribution is 2.43. The number of hydrogen-bond acceptors (Lipinski definition) is 7. The molecule has 3 aromatic rings. The Hall–Kier alpha value is -2.74. The predicted molar refractivity (Wildman–Crippen MR) is 98.3 cm³/mol. The Morgan fingerprint density at radius 2 is 2.15 bits per heavy atom. The topological polar surface area (TPSA) is 87.4 Å². The number of ether oxygens (including phenoxy) is 2. The van der Waals surface area contributed by atoms with E-state index in [0.717, 1.165) is 29.5 Å². The number of aromatic nitrogens is 2. The van der Waals surface area contributed by atoms with Crippen molar-refractivity contribution in [2.45, 2.75) is 26.2 Å². The van der Waals surface area contributed by atoms with Crippen molar-refractivity contribution < 1.29 is 14.4 Å². The minimum absolute atomic E-state index is 0.0627. The average Bonchev–Trinajstić information content (AvgIpc) is 2.99. The van der Waals surface area contributed by atoms with Crippen LogP contribution >= 0.6 is 11.3 Å². The molecule has 0 bridgehead atoms. The molecule has 134 valence electrons. The molecule has 1 unspecified atom stereocenters. The van der Waals surface area contributed by atoms with Crippen LogP contribution in [0.15, 0.2) is 24.5 Å². The molecule has 2 heterocycles. The van der Waals surface area contributed by atoms with Crippen LogP contribution in [0.1, 0.15) is 23.8 Å². The highest BCUT2D eigenvalue weighted by Gasteiger charge is 2.24. The fraction of sp³-hybridized carbons (Fsp3) is 0.333. The molecule has 0 saturated carbocycles. The Labute approximate surface area is 153 Å². The molecular formula is C18H17N3O4S. The molecule has 0 radical (unpaired) electrons. The van der Waals surface area contributed by atoms with Gasteiger partial charge in [0.1, 0.15) is 11.2 Å². The van der Waals surface area contributed by atoms with E-state index in [1.54, 1.807) is 11.3 Å². The Morgan fingerprint density at radius 3 is 2.92 bits per heavy atom. The third-order valence-electron chi connectivity index (χ3n) is 4.62. The summed E-state index contributed by atoms with van der Waals surface area (Å²) in [5, 5.41) is 12.0. The smallest absolute Gasteiger partial charge is 0.273 e. The Bertz CT molecular complexity index is 1000. The molecule has 0 amide bonds. The highest BCUT2D eigenvalue weighted by atomic mass is 32.1. The Balaban J connectivity index is 1.81. The van der Waals surface area contributed by atoms with E-state index < -0.39 is 4.92 Å². The van der Waals surface area contributed by atoms with Gasteiger partial charge < -0.3 is 9.47 Å². The van der Waals surface area contributed by atoms with Crippen LogP contribution in [-0.2, 0) is 12.8 Å². The van der Waals surface area contributed by atoms with E-state index in [0.29, 0.717) is 17.5 Å². The second-order valence-corrected chi connectivity index (χ2v) is 7.49. The predicted octanol–water partition coefficient (Wildman–Crippen LogP) is 4.53. The summed E-state index contributed by atoms with van der Waals surface area (Å²) in [6.07, 6.45) is 4.59. The number of hydrogen-bond donors (Lipinski definition) is 0. The van der Waals surface area contributed by atoms with E-state index >= 15 is 0 Å². The SMILES string of the molecule is COc1ccc([N+](=O)[O-])cc1Oc1ncnc2sc3c(c12)CCC(C)C3. The summed E-state index contributed by atoms with van der Waals surface area (Å²) in [6.45, 7) is 2.25. The molecule has 26 heavy (non-hydrogen) atoms. The lowest BCUT2D eigenvalue weighted by atomic mass is 9.89. The number of non-ortho nitro benzene ring substituents is 1. The molecule has 0 spiro atoms. The van der Waals surface area contributed by atoms with Gasteiger partial charge in [0.2, 0.25) is 5.88 Å². The number of fused-ring (bicyclic) bond motifs is 3. The zero-order chi connectivity index (χ0) is 18.3. The van der Waals surface area contributed by atoms with Crippen LogP contribution in [0.3, 0.4) is 0 Å². The molecule has 0 N–H and O–H groups in total. The molecule has 7 nitrogen and oxygen atoms in total. The lowest BCUT2D eigenvalue weighted by Gasteiger charge is -2.18. The molecule has 4 rings (SSSR count). The van der Waals surface area contributed by atoms with Crippen LogP contribution in [0.2, 0.25) is 0 Å². The maximum atomic E-state index is 11.1. The van der Waals surface area contributed by atoms with Gasteiger partial charge in [0.15, 0.2) is 11.5 Å². The number of nitro groups is 1. The summed E-state index contributed by atoms with van der Waals surface area (Å²) in [5.74, 6) is 1.76. The van der Waals surface area contributed by atoms with Crippen LogP contribution in [0.5, 0.6) is 17.4 Å². The van der Waals surface area contributed by atoms with Crippen molar-refractivity contribution in [2.24, 2.45) is 5.92 Å². The van der Waals surface area contributed by atoms with Crippen molar-refractivity contribution in [2.75, 3.05) is 7.11 Å². The molecule has 1 aromatic carbocycles. The first-order valence-corrected chi connectivity index (χ1v) is 9.14. The first-order valence-electron chi connectivity index (χ1n) is 8.32. The van der Waals surface area contributed by atoms with Gasteiger partial charge in [0.25, 0.3) is 5.69 Å². The maximum absolute atomic E-state index is 11.1. The van der Waals surface area contributed by atoms with Crippen molar-refractivity contribution in [3.8, 4) is 17.4 Å². The number of nitrogens with zero attached hydrogens (tertiary/aromatic N) is 3. The molecule has 1 aliphatic rings. The van der Waals surface area contributed by atoms with E-state index in [1.165, 1.54) is 42.1 Å². The molecule has 1 aliphatic carbocycles. The summed E-state index contributed by atoms with van der Waals surface area (Å²) >= 11 is 1.68. The molecule has 2 aromatic heterocycles. The van der Waals surface area contributed by atoms with E-state index in [1.807, 2.05) is 0 Å². The fourth-order valence-corrected chi connectivity index (χ4v) is 4.63. The van der Waals surface area contributed by atoms with Gasteiger partial charge in [0, 0.05) is 10.9 Å². The van der Waals surface area contributed by atoms with Crippen LogP contribution < -0.4 is 9.47 Å². The van der Waals surface area contributed by atoms with Gasteiger partial charge in [-0.2, -0.15) is 0 Å². The summed E-state index contributed by atoms with van der Waals surface area (Å²) in [7, 11) is 1.50. The fourth-order valence-electron chi connectivity index (χ4n) is 3.29. The Morgan fingerprint density at radius 1 is 1.31 bits per heavy atom. The van der Waals surface area contributed by atoms with E-state index in [4.69, 9.17) is 9.47 Å². The Kier molecular flexibility index (Phi) is 4.20. The van der Waals surface area contributed by atoms with Crippen molar-refractivity contribution in [3.63, 3.8) is 0 Å².